The van der Waals surface area contributed by atoms with Crippen LogP contribution in [-0.2, 0) is 14.3 Å². The summed E-state index contributed by atoms with van der Waals surface area (Å²) in [5.74, 6) is 8.12. The molecule has 56 heavy (non-hydrogen) atoms. The first-order valence-electron chi connectivity index (χ1n) is 19.4. The normalized spacial score (nSPS) is 20.1. The summed E-state index contributed by atoms with van der Waals surface area (Å²) in [6.45, 7) is 2.32. The predicted molar refractivity (Wildman–Crippen MR) is 212 cm³/mol. The molecule has 2 aromatic heterocycles. The number of carbonyl (C=O) groups is 3. The number of ether oxygens (including phenoxy) is 1. The molecule has 286 valence electrons. The van der Waals surface area contributed by atoms with Crippen LogP contribution < -0.4 is 5.32 Å². The number of amides is 3. The fourth-order valence-electron chi connectivity index (χ4n) is 8.23. The van der Waals surface area contributed by atoms with E-state index in [-0.39, 0.29) is 29.9 Å². The van der Waals surface area contributed by atoms with Gasteiger partial charge in [-0.05, 0) is 93.1 Å². The van der Waals surface area contributed by atoms with Crippen LogP contribution in [0.15, 0.2) is 91.3 Å². The number of nitrogens with zero attached hydrogens (tertiary/aromatic N) is 5. The van der Waals surface area contributed by atoms with Crippen LogP contribution in [0.3, 0.4) is 0 Å². The Kier molecular flexibility index (Phi) is 10.7. The first-order chi connectivity index (χ1) is 27.4. The number of imidazole rings is 2. The Labute approximate surface area is 326 Å². The molecular formula is C44H46N8O4. The van der Waals surface area contributed by atoms with Gasteiger partial charge in [0.25, 0.3) is 5.91 Å². The number of alkyl carbamates (subject to hydrolysis) is 1. The topological polar surface area (TPSA) is 140 Å². The fourth-order valence-corrected chi connectivity index (χ4v) is 8.23. The summed E-state index contributed by atoms with van der Waals surface area (Å²) in [7, 11) is 3.33. The maximum Gasteiger partial charge on any atom is 0.407 e. The van der Waals surface area contributed by atoms with Crippen LogP contribution in [-0.4, -0.2) is 92.4 Å². The summed E-state index contributed by atoms with van der Waals surface area (Å²) in [4.78, 5) is 61.7. The number of likely N-dealkylation sites (tertiary alicyclic amines) is 3. The molecule has 3 aliphatic rings. The number of hydrogen-bond acceptors (Lipinski definition) is 7. The van der Waals surface area contributed by atoms with Crippen molar-refractivity contribution in [1.29, 1.82) is 0 Å². The summed E-state index contributed by atoms with van der Waals surface area (Å²) in [6, 6.07) is 24.1. The van der Waals surface area contributed by atoms with Gasteiger partial charge in [-0.2, -0.15) is 0 Å². The van der Waals surface area contributed by atoms with Gasteiger partial charge < -0.3 is 29.8 Å². The maximum atomic E-state index is 13.8. The number of nitrogens with one attached hydrogen (secondary N) is 3. The Morgan fingerprint density at radius 1 is 0.732 bits per heavy atom. The summed E-state index contributed by atoms with van der Waals surface area (Å²) >= 11 is 0. The van der Waals surface area contributed by atoms with E-state index in [0.717, 1.165) is 91.1 Å². The molecule has 4 unspecified atom stereocenters. The van der Waals surface area contributed by atoms with Crippen molar-refractivity contribution in [3.63, 3.8) is 0 Å². The van der Waals surface area contributed by atoms with Gasteiger partial charge in [-0.15, -0.1) is 0 Å². The van der Waals surface area contributed by atoms with Gasteiger partial charge in [0.2, 0.25) is 5.91 Å². The number of H-pyrrole nitrogens is 2. The van der Waals surface area contributed by atoms with E-state index in [1.807, 2.05) is 97.0 Å². The number of aromatic nitrogens is 4. The van der Waals surface area contributed by atoms with E-state index >= 15 is 0 Å². The lowest BCUT2D eigenvalue weighted by Crippen LogP contribution is -2.44. The lowest BCUT2D eigenvalue weighted by molar-refractivity contribution is -0.136. The molecule has 8 rings (SSSR count). The number of benzene rings is 3. The number of likely N-dealkylation sites (N-methyl/N-ethyl adjacent to an activating group) is 1. The van der Waals surface area contributed by atoms with Crippen molar-refractivity contribution < 1.29 is 19.1 Å². The minimum absolute atomic E-state index is 0.0121. The Morgan fingerprint density at radius 3 is 1.80 bits per heavy atom. The standard InChI is InChI=1S/C44H46N8O4/c1-50-24-6-13-38(50)42(53)51-25-7-11-36(51)40-45-27-34(47-40)31-20-16-29(17-21-31)14-15-30-18-22-32(23-19-30)35-28-46-41(48-35)37-12-8-26-52(37)43(54)39(49-44(55)56-2)33-9-4-3-5-10-33/h3-5,9-10,16-23,27-28,36-39H,6-8,11-13,24-26H2,1-2H3,(H,45,47)(H,46,48)(H,49,55). The Hall–Kier alpha value is -6.19. The van der Waals surface area contributed by atoms with E-state index in [1.165, 1.54) is 7.11 Å². The molecule has 12 nitrogen and oxygen atoms in total. The van der Waals surface area contributed by atoms with Gasteiger partial charge in [0, 0.05) is 24.2 Å². The second-order valence-corrected chi connectivity index (χ2v) is 14.8. The molecule has 0 bridgehead atoms. The van der Waals surface area contributed by atoms with Crippen molar-refractivity contribution >= 4 is 17.9 Å². The molecule has 12 heteroatoms. The molecule has 5 aromatic rings. The highest BCUT2D eigenvalue weighted by molar-refractivity contribution is 5.87. The monoisotopic (exact) mass is 750 g/mol. The molecule has 0 saturated carbocycles. The molecule has 4 atom stereocenters. The van der Waals surface area contributed by atoms with Crippen molar-refractivity contribution in [3.8, 4) is 34.4 Å². The molecule has 5 heterocycles. The highest BCUT2D eigenvalue weighted by atomic mass is 16.5. The molecule has 3 aliphatic heterocycles. The first kappa shape index (κ1) is 36.8. The SMILES string of the molecule is COC(=O)NC(C(=O)N1CCCC1c1ncc(-c2ccc(C#Cc3ccc(-c4cnc(C5CCCN5C(=O)C5CCCN5C)[nH]4)cc3)cc2)[nH]1)c1ccccc1. The van der Waals surface area contributed by atoms with Gasteiger partial charge >= 0.3 is 6.09 Å². The van der Waals surface area contributed by atoms with Crippen LogP contribution >= 0.6 is 0 Å². The molecular weight excluding hydrogens is 705 g/mol. The highest BCUT2D eigenvalue weighted by Crippen LogP contribution is 2.35. The Bertz CT molecular complexity index is 2240. The van der Waals surface area contributed by atoms with E-state index in [9.17, 15) is 14.4 Å². The molecule has 0 aliphatic carbocycles. The summed E-state index contributed by atoms with van der Waals surface area (Å²) < 4.78 is 4.82. The third kappa shape index (κ3) is 7.68. The van der Waals surface area contributed by atoms with Crippen molar-refractivity contribution in [2.75, 3.05) is 33.8 Å². The number of aromatic amines is 2. The van der Waals surface area contributed by atoms with Gasteiger partial charge in [0.1, 0.15) is 17.7 Å². The van der Waals surface area contributed by atoms with Gasteiger partial charge in [0.15, 0.2) is 0 Å². The molecule has 3 amide bonds. The smallest absolute Gasteiger partial charge is 0.407 e. The van der Waals surface area contributed by atoms with Crippen LogP contribution in [0.2, 0.25) is 0 Å². The number of hydrogen-bond donors (Lipinski definition) is 3. The third-order valence-corrected chi connectivity index (χ3v) is 11.3. The summed E-state index contributed by atoms with van der Waals surface area (Å²) in [6.07, 6.45) is 8.48. The lowest BCUT2D eigenvalue weighted by Gasteiger charge is -2.29. The molecule has 3 saturated heterocycles. The Morgan fingerprint density at radius 2 is 1.27 bits per heavy atom. The minimum atomic E-state index is -0.870. The van der Waals surface area contributed by atoms with Crippen LogP contribution in [0.4, 0.5) is 4.79 Å². The van der Waals surface area contributed by atoms with Crippen LogP contribution in [0, 0.1) is 11.8 Å². The van der Waals surface area contributed by atoms with E-state index in [4.69, 9.17) is 9.72 Å². The second kappa shape index (κ2) is 16.3. The Balaban J connectivity index is 0.900. The van der Waals surface area contributed by atoms with E-state index in [0.29, 0.717) is 17.9 Å². The van der Waals surface area contributed by atoms with E-state index in [1.54, 1.807) is 11.1 Å². The van der Waals surface area contributed by atoms with Gasteiger partial charge in [-0.25, -0.2) is 14.8 Å². The second-order valence-electron chi connectivity index (χ2n) is 14.8. The largest absolute Gasteiger partial charge is 0.453 e. The highest BCUT2D eigenvalue weighted by Gasteiger charge is 2.39. The number of methoxy groups -OCH3 is 1. The molecule has 3 N–H and O–H groups in total. The zero-order chi connectivity index (χ0) is 38.6. The average molecular weight is 751 g/mol. The molecule has 3 aromatic carbocycles. The lowest BCUT2D eigenvalue weighted by atomic mass is 10.1. The van der Waals surface area contributed by atoms with Gasteiger partial charge in [-0.1, -0.05) is 66.4 Å². The van der Waals surface area contributed by atoms with E-state index in [2.05, 4.69) is 37.0 Å². The van der Waals surface area contributed by atoms with Crippen molar-refractivity contribution in [2.45, 2.75) is 62.7 Å². The van der Waals surface area contributed by atoms with Crippen LogP contribution in [0.5, 0.6) is 0 Å². The summed E-state index contributed by atoms with van der Waals surface area (Å²) in [5, 5.41) is 2.71. The quantitative estimate of drug-likeness (QED) is 0.156. The van der Waals surface area contributed by atoms with Gasteiger partial charge in [-0.3, -0.25) is 14.5 Å². The molecule has 0 spiro atoms. The van der Waals surface area contributed by atoms with Crippen LogP contribution in [0.25, 0.3) is 22.5 Å². The average Bonchev–Trinajstić information content (AvgIpc) is 4.09. The first-order valence-corrected chi connectivity index (χ1v) is 19.4. The maximum absolute atomic E-state index is 13.8. The predicted octanol–water partition coefficient (Wildman–Crippen LogP) is 6.39. The van der Waals surface area contributed by atoms with Gasteiger partial charge in [0.05, 0.1) is 49.0 Å². The molecule has 3 fully saturated rings. The van der Waals surface area contributed by atoms with Crippen LogP contribution in [0.1, 0.15) is 85.0 Å². The number of rotatable bonds is 8. The fraction of sp³-hybridized carbons (Fsp3) is 0.341. The van der Waals surface area contributed by atoms with E-state index < -0.39 is 12.1 Å². The zero-order valence-corrected chi connectivity index (χ0v) is 31.7. The van der Waals surface area contributed by atoms with Crippen molar-refractivity contribution in [3.05, 3.63) is 120 Å². The minimum Gasteiger partial charge on any atom is -0.453 e. The third-order valence-electron chi connectivity index (χ3n) is 11.3. The summed E-state index contributed by atoms with van der Waals surface area (Å²) in [5.41, 5.74) is 6.21. The van der Waals surface area contributed by atoms with Crippen molar-refractivity contribution in [1.82, 2.24) is 40.0 Å². The van der Waals surface area contributed by atoms with Crippen molar-refractivity contribution in [2.24, 2.45) is 0 Å². The number of carbonyl (C=O) groups excluding carboxylic acids is 3. The molecule has 0 radical (unpaired) electrons. The zero-order valence-electron chi connectivity index (χ0n) is 31.7.